The molecule has 0 radical (unpaired) electrons. The number of phenolic OH excluding ortho intramolecular Hbond substituents is 6. The van der Waals surface area contributed by atoms with E-state index < -0.39 is 40.3 Å². The van der Waals surface area contributed by atoms with E-state index in [9.17, 15) is 30.3 Å². The maximum Gasteiger partial charge on any atom is 0.200 e. The van der Waals surface area contributed by atoms with Crippen LogP contribution in [-0.4, -0.2) is 36.4 Å². The lowest BCUT2D eigenvalue weighted by atomic mass is 10.0. The first-order chi connectivity index (χ1) is 9.31. The summed E-state index contributed by atoms with van der Waals surface area (Å²) in [6.07, 6.45) is 0. The molecule has 6 N–H and O–H groups in total. The molecule has 0 spiro atoms. The highest BCUT2D eigenvalue weighted by atomic mass is 16.3. The normalized spacial score (nSPS) is 10.4. The van der Waals surface area contributed by atoms with Crippen LogP contribution in [0.1, 0.15) is 15.9 Å². The maximum atomic E-state index is 12.1. The summed E-state index contributed by atoms with van der Waals surface area (Å²) in [5.41, 5.74) is -0.567. The van der Waals surface area contributed by atoms with E-state index in [0.29, 0.717) is 0 Å². The molecule has 2 aromatic carbocycles. The van der Waals surface area contributed by atoms with Gasteiger partial charge in [0.2, 0.25) is 0 Å². The van der Waals surface area contributed by atoms with Crippen molar-refractivity contribution in [3.8, 4) is 34.5 Å². The zero-order valence-corrected chi connectivity index (χ0v) is 9.90. The van der Waals surface area contributed by atoms with E-state index in [-0.39, 0.29) is 11.1 Å². The molecule has 0 aliphatic heterocycles. The Bertz CT molecular complexity index is 683. The van der Waals surface area contributed by atoms with E-state index in [1.165, 1.54) is 0 Å². The summed E-state index contributed by atoms with van der Waals surface area (Å²) in [4.78, 5) is 12.1. The number of phenols is 6. The predicted octanol–water partition coefficient (Wildman–Crippen LogP) is 1.15. The van der Waals surface area contributed by atoms with Crippen molar-refractivity contribution in [1.29, 1.82) is 0 Å². The van der Waals surface area contributed by atoms with Crippen molar-refractivity contribution in [1.82, 2.24) is 0 Å². The number of hydrogen-bond acceptors (Lipinski definition) is 7. The van der Waals surface area contributed by atoms with Crippen molar-refractivity contribution >= 4 is 5.78 Å². The Morgan fingerprint density at radius 3 is 1.70 bits per heavy atom. The standard InChI is InChI=1S/C13H10O7/c14-7-4-9(16)8(15)3-6(7)12(19)5-1-10(17)13(20)11(18)2-5/h1-4,14-18,20H. The number of carbonyl (C=O) groups excluding carboxylic acids is 1. The molecule has 2 rings (SSSR count). The number of carbonyl (C=O) groups is 1. The second-order valence-electron chi connectivity index (χ2n) is 4.05. The van der Waals surface area contributed by atoms with Crippen molar-refractivity contribution in [3.05, 3.63) is 35.4 Å². The van der Waals surface area contributed by atoms with E-state index in [4.69, 9.17) is 5.11 Å². The number of ketones is 1. The summed E-state index contributed by atoms with van der Waals surface area (Å²) in [6.45, 7) is 0. The van der Waals surface area contributed by atoms with E-state index >= 15 is 0 Å². The van der Waals surface area contributed by atoms with Gasteiger partial charge in [-0.2, -0.15) is 0 Å². The lowest BCUT2D eigenvalue weighted by molar-refractivity contribution is 0.103. The molecule has 0 saturated heterocycles. The third-order valence-electron chi connectivity index (χ3n) is 2.67. The second-order valence-corrected chi connectivity index (χ2v) is 4.05. The average Bonchev–Trinajstić information content (AvgIpc) is 2.38. The summed E-state index contributed by atoms with van der Waals surface area (Å²) in [6, 6.07) is 3.40. The van der Waals surface area contributed by atoms with Gasteiger partial charge in [-0.15, -0.1) is 0 Å². The molecule has 0 saturated carbocycles. The lowest BCUT2D eigenvalue weighted by Crippen LogP contribution is -2.01. The van der Waals surface area contributed by atoms with E-state index in [0.717, 1.165) is 24.3 Å². The van der Waals surface area contributed by atoms with Gasteiger partial charge in [0.25, 0.3) is 0 Å². The Kier molecular flexibility index (Phi) is 3.03. The third kappa shape index (κ3) is 2.12. The van der Waals surface area contributed by atoms with Gasteiger partial charge >= 0.3 is 0 Å². The van der Waals surface area contributed by atoms with Gasteiger partial charge < -0.3 is 30.6 Å². The van der Waals surface area contributed by atoms with Gasteiger partial charge in [-0.1, -0.05) is 0 Å². The number of aromatic hydroxyl groups is 6. The summed E-state index contributed by atoms with van der Waals surface area (Å²) >= 11 is 0. The number of rotatable bonds is 2. The van der Waals surface area contributed by atoms with Gasteiger partial charge in [0, 0.05) is 11.6 Å². The minimum atomic E-state index is -0.830. The van der Waals surface area contributed by atoms with Gasteiger partial charge in [0.1, 0.15) is 5.75 Å². The first-order valence-corrected chi connectivity index (χ1v) is 5.36. The Morgan fingerprint density at radius 1 is 0.650 bits per heavy atom. The van der Waals surface area contributed by atoms with E-state index in [1.807, 2.05) is 0 Å². The van der Waals surface area contributed by atoms with E-state index in [1.54, 1.807) is 0 Å². The first kappa shape index (κ1) is 13.3. The lowest BCUT2D eigenvalue weighted by Gasteiger charge is -2.08. The SMILES string of the molecule is O=C(c1cc(O)c(O)c(O)c1)c1cc(O)c(O)cc1O. The molecule has 7 heteroatoms. The minimum Gasteiger partial charge on any atom is -0.507 e. The molecule has 0 heterocycles. The fourth-order valence-electron chi connectivity index (χ4n) is 1.64. The maximum absolute atomic E-state index is 12.1. The fourth-order valence-corrected chi connectivity index (χ4v) is 1.64. The molecular weight excluding hydrogens is 268 g/mol. The quantitative estimate of drug-likeness (QED) is 0.275. The van der Waals surface area contributed by atoms with Gasteiger partial charge in [0.05, 0.1) is 5.56 Å². The smallest absolute Gasteiger partial charge is 0.200 e. The Labute approximate surface area is 112 Å². The van der Waals surface area contributed by atoms with Gasteiger partial charge in [-0.05, 0) is 18.2 Å². The molecule has 0 atom stereocenters. The van der Waals surface area contributed by atoms with Crippen LogP contribution in [0.15, 0.2) is 24.3 Å². The van der Waals surface area contributed by atoms with Crippen molar-refractivity contribution < 1.29 is 35.4 Å². The Balaban J connectivity index is 2.55. The van der Waals surface area contributed by atoms with Crippen molar-refractivity contribution in [2.24, 2.45) is 0 Å². The molecule has 0 bridgehead atoms. The molecule has 7 nitrogen and oxygen atoms in total. The molecule has 0 aliphatic carbocycles. The summed E-state index contributed by atoms with van der Waals surface area (Å²) in [5, 5.41) is 55.9. The third-order valence-corrected chi connectivity index (χ3v) is 2.67. The van der Waals surface area contributed by atoms with Gasteiger partial charge in [0.15, 0.2) is 34.5 Å². The summed E-state index contributed by atoms with van der Waals surface area (Å²) in [7, 11) is 0. The zero-order valence-electron chi connectivity index (χ0n) is 9.90. The topological polar surface area (TPSA) is 138 Å². The Morgan fingerprint density at radius 2 is 1.15 bits per heavy atom. The largest absolute Gasteiger partial charge is 0.507 e. The highest BCUT2D eigenvalue weighted by molar-refractivity contribution is 6.11. The highest BCUT2D eigenvalue weighted by Gasteiger charge is 2.19. The predicted molar refractivity (Wildman–Crippen MR) is 66.3 cm³/mol. The van der Waals surface area contributed by atoms with Crippen LogP contribution in [0.2, 0.25) is 0 Å². The molecular formula is C13H10O7. The molecule has 0 aromatic heterocycles. The van der Waals surface area contributed by atoms with Crippen LogP contribution in [0.4, 0.5) is 0 Å². The van der Waals surface area contributed by atoms with Crippen LogP contribution in [0.25, 0.3) is 0 Å². The minimum absolute atomic E-state index is 0.224. The zero-order chi connectivity index (χ0) is 15.0. The highest BCUT2D eigenvalue weighted by Crippen LogP contribution is 2.38. The molecule has 0 unspecified atom stereocenters. The van der Waals surface area contributed by atoms with Crippen LogP contribution >= 0.6 is 0 Å². The van der Waals surface area contributed by atoms with Crippen LogP contribution in [0, 0.1) is 0 Å². The summed E-state index contributed by atoms with van der Waals surface area (Å²) < 4.78 is 0. The summed E-state index contributed by atoms with van der Waals surface area (Å²) in [5.74, 6) is -4.83. The first-order valence-electron chi connectivity index (χ1n) is 5.36. The van der Waals surface area contributed by atoms with E-state index in [2.05, 4.69) is 0 Å². The number of hydrogen-bond donors (Lipinski definition) is 6. The Hall–Kier alpha value is -3.09. The molecule has 104 valence electrons. The molecule has 0 amide bonds. The van der Waals surface area contributed by atoms with Crippen molar-refractivity contribution in [2.45, 2.75) is 0 Å². The van der Waals surface area contributed by atoms with Crippen LogP contribution in [0.3, 0.4) is 0 Å². The molecule has 0 fully saturated rings. The van der Waals surface area contributed by atoms with Crippen LogP contribution < -0.4 is 0 Å². The van der Waals surface area contributed by atoms with Crippen molar-refractivity contribution in [3.63, 3.8) is 0 Å². The second kappa shape index (κ2) is 4.54. The van der Waals surface area contributed by atoms with Crippen LogP contribution in [-0.2, 0) is 0 Å². The van der Waals surface area contributed by atoms with Crippen molar-refractivity contribution in [2.75, 3.05) is 0 Å². The molecule has 20 heavy (non-hydrogen) atoms. The van der Waals surface area contributed by atoms with Gasteiger partial charge in [-0.25, -0.2) is 0 Å². The molecule has 2 aromatic rings. The fraction of sp³-hybridized carbons (Fsp3) is 0. The van der Waals surface area contributed by atoms with Gasteiger partial charge in [-0.3, -0.25) is 4.79 Å². The number of benzene rings is 2. The molecule has 0 aliphatic rings. The van der Waals surface area contributed by atoms with Crippen LogP contribution in [0.5, 0.6) is 34.5 Å². The monoisotopic (exact) mass is 278 g/mol. The average molecular weight is 278 g/mol.